The molecule has 1 aromatic heterocycles. The zero-order valence-electron chi connectivity index (χ0n) is 13.8. The SMILES string of the molecule is CN(c1ccc([N+](=O)[O-])cc1)c1cc(C(=O)N2CCCC2)n(C)c1. The Kier molecular flexibility index (Phi) is 4.24. The van der Waals surface area contributed by atoms with Gasteiger partial charge in [-0.15, -0.1) is 0 Å². The third kappa shape index (κ3) is 2.97. The summed E-state index contributed by atoms with van der Waals surface area (Å²) in [5.41, 5.74) is 2.41. The van der Waals surface area contributed by atoms with Crippen molar-refractivity contribution in [2.24, 2.45) is 7.05 Å². The average molecular weight is 328 g/mol. The second-order valence-corrected chi connectivity index (χ2v) is 6.03. The van der Waals surface area contributed by atoms with E-state index in [1.54, 1.807) is 12.1 Å². The molecule has 0 atom stereocenters. The zero-order valence-corrected chi connectivity index (χ0v) is 13.8. The number of amides is 1. The topological polar surface area (TPSA) is 71.6 Å². The Morgan fingerprint density at radius 1 is 1.17 bits per heavy atom. The molecule has 3 rings (SSSR count). The maximum atomic E-state index is 12.6. The zero-order chi connectivity index (χ0) is 17.3. The smallest absolute Gasteiger partial charge is 0.270 e. The number of nitro groups is 1. The molecule has 1 saturated heterocycles. The Bertz CT molecular complexity index is 761. The van der Waals surface area contributed by atoms with Crippen LogP contribution in [0.2, 0.25) is 0 Å². The number of nitrogens with zero attached hydrogens (tertiary/aromatic N) is 4. The van der Waals surface area contributed by atoms with Crippen LogP contribution in [0.5, 0.6) is 0 Å². The van der Waals surface area contributed by atoms with Crippen LogP contribution in [0.3, 0.4) is 0 Å². The van der Waals surface area contributed by atoms with Crippen molar-refractivity contribution in [2.75, 3.05) is 25.0 Å². The van der Waals surface area contributed by atoms with Crippen LogP contribution < -0.4 is 4.90 Å². The molecule has 1 fully saturated rings. The molecule has 126 valence electrons. The van der Waals surface area contributed by atoms with Gasteiger partial charge in [0.25, 0.3) is 11.6 Å². The molecule has 1 amide bonds. The van der Waals surface area contributed by atoms with Crippen molar-refractivity contribution in [1.82, 2.24) is 9.47 Å². The van der Waals surface area contributed by atoms with Crippen molar-refractivity contribution < 1.29 is 9.72 Å². The number of likely N-dealkylation sites (tertiary alicyclic amines) is 1. The summed E-state index contributed by atoms with van der Waals surface area (Å²) in [6, 6.07) is 8.22. The van der Waals surface area contributed by atoms with Crippen LogP contribution in [-0.4, -0.2) is 40.4 Å². The summed E-state index contributed by atoms with van der Waals surface area (Å²) in [6.45, 7) is 1.63. The van der Waals surface area contributed by atoms with E-state index in [0.717, 1.165) is 37.3 Å². The number of carbonyl (C=O) groups excluding carboxylic acids is 1. The van der Waals surface area contributed by atoms with E-state index in [1.165, 1.54) is 12.1 Å². The fraction of sp³-hybridized carbons (Fsp3) is 0.353. The van der Waals surface area contributed by atoms with Crippen LogP contribution in [-0.2, 0) is 7.05 Å². The molecule has 0 unspecified atom stereocenters. The van der Waals surface area contributed by atoms with Crippen molar-refractivity contribution in [2.45, 2.75) is 12.8 Å². The van der Waals surface area contributed by atoms with Crippen LogP contribution in [0.25, 0.3) is 0 Å². The van der Waals surface area contributed by atoms with Gasteiger partial charge in [0.2, 0.25) is 0 Å². The van der Waals surface area contributed by atoms with Gasteiger partial charge in [0.05, 0.1) is 10.6 Å². The number of non-ortho nitro benzene ring substituents is 1. The molecular formula is C17H20N4O3. The minimum Gasteiger partial charge on any atom is -0.344 e. The summed E-state index contributed by atoms with van der Waals surface area (Å²) in [4.78, 5) is 26.7. The lowest BCUT2D eigenvalue weighted by molar-refractivity contribution is -0.384. The summed E-state index contributed by atoms with van der Waals surface area (Å²) in [7, 11) is 3.73. The van der Waals surface area contributed by atoms with Crippen molar-refractivity contribution in [3.05, 3.63) is 52.3 Å². The van der Waals surface area contributed by atoms with Gasteiger partial charge in [-0.3, -0.25) is 14.9 Å². The highest BCUT2D eigenvalue weighted by atomic mass is 16.6. The second kappa shape index (κ2) is 6.35. The van der Waals surface area contributed by atoms with Crippen LogP contribution >= 0.6 is 0 Å². The first-order valence-corrected chi connectivity index (χ1v) is 7.91. The molecule has 1 aliphatic heterocycles. The van der Waals surface area contributed by atoms with Gasteiger partial charge < -0.3 is 14.4 Å². The molecule has 0 bridgehead atoms. The predicted octanol–water partition coefficient (Wildman–Crippen LogP) is 2.94. The number of nitro benzene ring substituents is 1. The summed E-state index contributed by atoms with van der Waals surface area (Å²) in [5.74, 6) is 0.0540. The lowest BCUT2D eigenvalue weighted by Crippen LogP contribution is -2.29. The normalized spacial score (nSPS) is 14.0. The Morgan fingerprint density at radius 3 is 2.38 bits per heavy atom. The largest absolute Gasteiger partial charge is 0.344 e. The van der Waals surface area contributed by atoms with Gasteiger partial charge in [-0.25, -0.2) is 0 Å². The summed E-state index contributed by atoms with van der Waals surface area (Å²) >= 11 is 0. The second-order valence-electron chi connectivity index (χ2n) is 6.03. The highest BCUT2D eigenvalue weighted by Gasteiger charge is 2.23. The first kappa shape index (κ1) is 16.0. The van der Waals surface area contributed by atoms with Gasteiger partial charge in [0.1, 0.15) is 5.69 Å². The number of benzene rings is 1. The Morgan fingerprint density at radius 2 is 1.79 bits per heavy atom. The van der Waals surface area contributed by atoms with E-state index in [9.17, 15) is 14.9 Å². The van der Waals surface area contributed by atoms with E-state index < -0.39 is 4.92 Å². The molecule has 1 aromatic carbocycles. The Balaban J connectivity index is 1.82. The maximum Gasteiger partial charge on any atom is 0.270 e. The number of aryl methyl sites for hydroxylation is 1. The molecule has 0 spiro atoms. The Hall–Kier alpha value is -2.83. The number of anilines is 2. The summed E-state index contributed by atoms with van der Waals surface area (Å²) in [5, 5.41) is 10.7. The van der Waals surface area contributed by atoms with Gasteiger partial charge in [-0.2, -0.15) is 0 Å². The monoisotopic (exact) mass is 328 g/mol. The van der Waals surface area contributed by atoms with E-state index in [-0.39, 0.29) is 11.6 Å². The van der Waals surface area contributed by atoms with E-state index in [4.69, 9.17) is 0 Å². The van der Waals surface area contributed by atoms with Crippen LogP contribution in [0.1, 0.15) is 23.3 Å². The molecule has 24 heavy (non-hydrogen) atoms. The molecular weight excluding hydrogens is 308 g/mol. The third-order valence-corrected chi connectivity index (χ3v) is 4.44. The molecule has 7 heteroatoms. The number of hydrogen-bond acceptors (Lipinski definition) is 4. The van der Waals surface area contributed by atoms with Crippen LogP contribution in [0.15, 0.2) is 36.5 Å². The quantitative estimate of drug-likeness (QED) is 0.639. The highest BCUT2D eigenvalue weighted by Crippen LogP contribution is 2.27. The number of hydrogen-bond donors (Lipinski definition) is 0. The molecule has 2 heterocycles. The lowest BCUT2D eigenvalue weighted by atomic mass is 10.2. The summed E-state index contributed by atoms with van der Waals surface area (Å²) < 4.78 is 1.83. The lowest BCUT2D eigenvalue weighted by Gasteiger charge is -2.17. The first-order valence-electron chi connectivity index (χ1n) is 7.91. The van der Waals surface area contributed by atoms with E-state index >= 15 is 0 Å². The minimum absolute atomic E-state index is 0.0540. The minimum atomic E-state index is -0.418. The molecule has 2 aromatic rings. The maximum absolute atomic E-state index is 12.6. The number of rotatable bonds is 4. The molecule has 0 saturated carbocycles. The molecule has 0 radical (unpaired) electrons. The third-order valence-electron chi connectivity index (χ3n) is 4.44. The molecule has 7 nitrogen and oxygen atoms in total. The average Bonchev–Trinajstić information content (AvgIpc) is 3.23. The van der Waals surface area contributed by atoms with Gasteiger partial charge in [0.15, 0.2) is 0 Å². The van der Waals surface area contributed by atoms with Gasteiger partial charge >= 0.3 is 0 Å². The van der Waals surface area contributed by atoms with Gasteiger partial charge in [-0.05, 0) is 31.0 Å². The van der Waals surface area contributed by atoms with Crippen molar-refractivity contribution in [3.8, 4) is 0 Å². The van der Waals surface area contributed by atoms with E-state index in [0.29, 0.717) is 5.69 Å². The number of carbonyl (C=O) groups is 1. The van der Waals surface area contributed by atoms with Gasteiger partial charge in [-0.1, -0.05) is 0 Å². The van der Waals surface area contributed by atoms with Crippen LogP contribution in [0.4, 0.5) is 17.1 Å². The van der Waals surface area contributed by atoms with E-state index in [2.05, 4.69) is 0 Å². The highest BCUT2D eigenvalue weighted by molar-refractivity contribution is 5.94. The Labute approximate surface area is 140 Å². The van der Waals surface area contributed by atoms with Gasteiger partial charge in [0, 0.05) is 51.2 Å². The van der Waals surface area contributed by atoms with Crippen LogP contribution in [0, 0.1) is 10.1 Å². The summed E-state index contributed by atoms with van der Waals surface area (Å²) in [6.07, 6.45) is 4.02. The standard InChI is InChI=1S/C17H20N4O3/c1-18-12-15(11-16(18)17(22)20-9-3-4-10-20)19(2)13-5-7-14(8-6-13)21(23)24/h5-8,11-12H,3-4,9-10H2,1-2H3. The number of aromatic nitrogens is 1. The molecule has 1 aliphatic rings. The molecule has 0 N–H and O–H groups in total. The fourth-order valence-corrected chi connectivity index (χ4v) is 2.97. The van der Waals surface area contributed by atoms with E-state index in [1.807, 2.05) is 40.7 Å². The predicted molar refractivity (Wildman–Crippen MR) is 91.7 cm³/mol. The first-order chi connectivity index (χ1) is 11.5. The fourth-order valence-electron chi connectivity index (χ4n) is 2.97. The van der Waals surface area contributed by atoms with Crippen molar-refractivity contribution in [3.63, 3.8) is 0 Å². The van der Waals surface area contributed by atoms with Crippen molar-refractivity contribution >= 4 is 23.0 Å². The molecule has 0 aliphatic carbocycles. The van der Waals surface area contributed by atoms with Crippen molar-refractivity contribution in [1.29, 1.82) is 0 Å².